The summed E-state index contributed by atoms with van der Waals surface area (Å²) in [6.45, 7) is 4.44. The van der Waals surface area contributed by atoms with Crippen molar-refractivity contribution in [2.45, 2.75) is 37.9 Å². The van der Waals surface area contributed by atoms with E-state index in [0.717, 1.165) is 57.7 Å². The highest BCUT2D eigenvalue weighted by atomic mass is 19.4. The van der Waals surface area contributed by atoms with Crippen molar-refractivity contribution in [3.8, 4) is 0 Å². The van der Waals surface area contributed by atoms with Crippen LogP contribution in [-0.4, -0.2) is 85.8 Å². The summed E-state index contributed by atoms with van der Waals surface area (Å²) < 4.78 is 41.1. The summed E-state index contributed by atoms with van der Waals surface area (Å²) in [4.78, 5) is 19.9. The fourth-order valence-corrected chi connectivity index (χ4v) is 4.26. The maximum atomic E-state index is 13.4. The van der Waals surface area contributed by atoms with E-state index in [-0.39, 0.29) is 18.6 Å². The molecule has 1 aromatic carbocycles. The molecule has 0 radical (unpaired) electrons. The number of carbonyl (C=O) groups is 1. The van der Waals surface area contributed by atoms with Crippen molar-refractivity contribution in [1.82, 2.24) is 14.7 Å². The average molecular weight is 428 g/mol. The van der Waals surface area contributed by atoms with Crippen molar-refractivity contribution in [2.24, 2.45) is 0 Å². The maximum Gasteiger partial charge on any atom is 0.411 e. The van der Waals surface area contributed by atoms with Gasteiger partial charge >= 0.3 is 6.18 Å². The lowest BCUT2D eigenvalue weighted by Gasteiger charge is -2.41. The third-order valence-electron chi connectivity index (χ3n) is 5.82. The van der Waals surface area contributed by atoms with Crippen LogP contribution in [0, 0.1) is 0 Å². The Morgan fingerprint density at radius 3 is 2.27 bits per heavy atom. The van der Waals surface area contributed by atoms with E-state index < -0.39 is 12.8 Å². The monoisotopic (exact) mass is 427 g/mol. The molecule has 3 rings (SSSR count). The van der Waals surface area contributed by atoms with Gasteiger partial charge in [-0.1, -0.05) is 30.3 Å². The Labute approximate surface area is 176 Å². The zero-order chi connectivity index (χ0) is 21.4. The molecule has 168 valence electrons. The normalized spacial score (nSPS) is 20.3. The highest BCUT2D eigenvalue weighted by Gasteiger charge is 2.33. The molecule has 0 spiro atoms. The highest BCUT2D eigenvalue weighted by molar-refractivity contribution is 5.83. The molecule has 1 atom stereocenters. The van der Waals surface area contributed by atoms with E-state index in [9.17, 15) is 18.0 Å². The van der Waals surface area contributed by atoms with Crippen LogP contribution in [0.2, 0.25) is 0 Å². The van der Waals surface area contributed by atoms with Gasteiger partial charge in [-0.2, -0.15) is 13.2 Å². The summed E-state index contributed by atoms with van der Waals surface area (Å²) in [5, 5.41) is 0. The number of likely N-dealkylation sites (tertiary alicyclic amines) is 1. The molecule has 1 unspecified atom stereocenters. The van der Waals surface area contributed by atoms with Gasteiger partial charge in [0.25, 0.3) is 0 Å². The van der Waals surface area contributed by atoms with Gasteiger partial charge < -0.3 is 14.5 Å². The summed E-state index contributed by atoms with van der Waals surface area (Å²) in [6, 6.07) is 9.70. The molecule has 0 saturated carbocycles. The first kappa shape index (κ1) is 23.0. The number of halogens is 3. The molecule has 2 heterocycles. The number of amides is 1. The van der Waals surface area contributed by atoms with Gasteiger partial charge in [-0.25, -0.2) is 0 Å². The van der Waals surface area contributed by atoms with Crippen LogP contribution in [0.3, 0.4) is 0 Å². The molecule has 8 heteroatoms. The van der Waals surface area contributed by atoms with E-state index in [2.05, 4.69) is 9.80 Å². The molecule has 30 heavy (non-hydrogen) atoms. The maximum absolute atomic E-state index is 13.4. The first-order chi connectivity index (χ1) is 14.4. The van der Waals surface area contributed by atoms with E-state index in [1.165, 1.54) is 6.42 Å². The van der Waals surface area contributed by atoms with Crippen LogP contribution in [0.5, 0.6) is 0 Å². The Bertz CT molecular complexity index is 643. The fourth-order valence-electron chi connectivity index (χ4n) is 4.26. The molecule has 2 aliphatic heterocycles. The molecular weight excluding hydrogens is 395 g/mol. The van der Waals surface area contributed by atoms with Crippen LogP contribution in [0.4, 0.5) is 13.2 Å². The molecule has 0 aromatic heterocycles. The molecule has 2 aliphatic rings. The van der Waals surface area contributed by atoms with E-state index in [1.807, 2.05) is 35.2 Å². The number of hydrogen-bond donors (Lipinski definition) is 0. The minimum Gasteiger partial charge on any atom is -0.372 e. The molecule has 0 N–H and O–H groups in total. The van der Waals surface area contributed by atoms with E-state index in [0.29, 0.717) is 13.0 Å². The lowest BCUT2D eigenvalue weighted by atomic mass is 10.0. The van der Waals surface area contributed by atoms with Crippen LogP contribution in [0.15, 0.2) is 30.3 Å². The van der Waals surface area contributed by atoms with Crippen molar-refractivity contribution in [2.75, 3.05) is 59.0 Å². The Balaban J connectivity index is 1.51. The van der Waals surface area contributed by atoms with Crippen molar-refractivity contribution in [3.05, 3.63) is 35.9 Å². The predicted octanol–water partition coefficient (Wildman–Crippen LogP) is 3.33. The standard InChI is InChI=1S/C22H32F3N3O2/c23-22(24,25)18-30-17-7-10-26-13-15-27(16-14-26)20(19-8-3-1-4-9-19)21(29)28-11-5-2-6-12-28/h1,3-4,8-9,20H,2,5-7,10-18H2. The second kappa shape index (κ2) is 11.1. The number of hydrogen-bond acceptors (Lipinski definition) is 4. The quantitative estimate of drug-likeness (QED) is 0.597. The molecule has 5 nitrogen and oxygen atoms in total. The van der Waals surface area contributed by atoms with Gasteiger partial charge in [-0.15, -0.1) is 0 Å². The Morgan fingerprint density at radius 1 is 0.967 bits per heavy atom. The van der Waals surface area contributed by atoms with E-state index >= 15 is 0 Å². The van der Waals surface area contributed by atoms with Crippen molar-refractivity contribution in [1.29, 1.82) is 0 Å². The van der Waals surface area contributed by atoms with Crippen LogP contribution >= 0.6 is 0 Å². The zero-order valence-electron chi connectivity index (χ0n) is 17.4. The molecular formula is C22H32F3N3O2. The first-order valence-corrected chi connectivity index (χ1v) is 10.9. The lowest BCUT2D eigenvalue weighted by Crippen LogP contribution is -2.52. The second-order valence-electron chi connectivity index (χ2n) is 8.10. The minimum absolute atomic E-state index is 0.111. The van der Waals surface area contributed by atoms with Gasteiger partial charge in [0, 0.05) is 52.4 Å². The van der Waals surface area contributed by atoms with Crippen molar-refractivity contribution in [3.63, 3.8) is 0 Å². The summed E-state index contributed by atoms with van der Waals surface area (Å²) >= 11 is 0. The molecule has 1 aromatic rings. The van der Waals surface area contributed by atoms with E-state index in [1.54, 1.807) is 0 Å². The number of nitrogens with zero attached hydrogens (tertiary/aromatic N) is 3. The summed E-state index contributed by atoms with van der Waals surface area (Å²) in [6.07, 6.45) is -0.371. The van der Waals surface area contributed by atoms with Crippen LogP contribution in [0.1, 0.15) is 37.3 Å². The largest absolute Gasteiger partial charge is 0.411 e. The predicted molar refractivity (Wildman–Crippen MR) is 109 cm³/mol. The number of carbonyl (C=O) groups excluding carboxylic acids is 1. The number of alkyl halides is 3. The Hall–Kier alpha value is -1.64. The minimum atomic E-state index is -4.26. The number of benzene rings is 1. The molecule has 2 saturated heterocycles. The SMILES string of the molecule is O=C(C(c1ccccc1)N1CCN(CCCOCC(F)(F)F)CC1)N1CCCCC1. The summed E-state index contributed by atoms with van der Waals surface area (Å²) in [5.74, 6) is 0.190. The van der Waals surface area contributed by atoms with Crippen LogP contribution in [-0.2, 0) is 9.53 Å². The number of piperidine rings is 1. The van der Waals surface area contributed by atoms with Crippen molar-refractivity contribution >= 4 is 5.91 Å². The molecule has 0 bridgehead atoms. The van der Waals surface area contributed by atoms with Gasteiger partial charge in [0.2, 0.25) is 5.91 Å². The van der Waals surface area contributed by atoms with Crippen LogP contribution in [0.25, 0.3) is 0 Å². The third kappa shape index (κ3) is 6.96. The average Bonchev–Trinajstić information content (AvgIpc) is 2.75. The smallest absolute Gasteiger partial charge is 0.372 e. The van der Waals surface area contributed by atoms with E-state index in [4.69, 9.17) is 4.74 Å². The zero-order valence-corrected chi connectivity index (χ0v) is 17.4. The van der Waals surface area contributed by atoms with Gasteiger partial charge in [0.15, 0.2) is 0 Å². The molecule has 2 fully saturated rings. The third-order valence-corrected chi connectivity index (χ3v) is 5.82. The first-order valence-electron chi connectivity index (χ1n) is 10.9. The molecule has 1 amide bonds. The fraction of sp³-hybridized carbons (Fsp3) is 0.682. The van der Waals surface area contributed by atoms with Gasteiger partial charge in [-0.3, -0.25) is 9.69 Å². The highest BCUT2D eigenvalue weighted by Crippen LogP contribution is 2.26. The van der Waals surface area contributed by atoms with Gasteiger partial charge in [0.05, 0.1) is 0 Å². The van der Waals surface area contributed by atoms with Gasteiger partial charge in [0.1, 0.15) is 12.6 Å². The van der Waals surface area contributed by atoms with Gasteiger partial charge in [-0.05, 0) is 31.2 Å². The number of rotatable bonds is 8. The Morgan fingerprint density at radius 2 is 1.63 bits per heavy atom. The summed E-state index contributed by atoms with van der Waals surface area (Å²) in [7, 11) is 0. The Kier molecular flexibility index (Phi) is 8.53. The molecule has 0 aliphatic carbocycles. The topological polar surface area (TPSA) is 36.0 Å². The van der Waals surface area contributed by atoms with Crippen molar-refractivity contribution < 1.29 is 22.7 Å². The second-order valence-corrected chi connectivity index (χ2v) is 8.10. The number of ether oxygens (including phenoxy) is 1. The summed E-state index contributed by atoms with van der Waals surface area (Å²) in [5.41, 5.74) is 1.03. The lowest BCUT2D eigenvalue weighted by molar-refractivity contribution is -0.174. The van der Waals surface area contributed by atoms with Crippen LogP contribution < -0.4 is 0 Å². The number of piperazine rings is 1.